The van der Waals surface area contributed by atoms with Crippen molar-refractivity contribution in [2.75, 3.05) is 11.9 Å². The summed E-state index contributed by atoms with van der Waals surface area (Å²) < 4.78 is 1.16. The average molecular weight is 375 g/mol. The third-order valence-electron chi connectivity index (χ3n) is 4.03. The number of alkyl halides is 1. The molecule has 0 radical (unpaired) electrons. The second-order valence-electron chi connectivity index (χ2n) is 5.44. The van der Waals surface area contributed by atoms with E-state index in [0.717, 1.165) is 15.7 Å². The summed E-state index contributed by atoms with van der Waals surface area (Å²) in [6.45, 7) is 2.38. The number of anilines is 1. The summed E-state index contributed by atoms with van der Waals surface area (Å²) in [4.78, 5) is 2.48. The van der Waals surface area contributed by atoms with E-state index in [1.165, 1.54) is 36.9 Å². The van der Waals surface area contributed by atoms with Gasteiger partial charge in [0.2, 0.25) is 0 Å². The Labute approximate surface area is 127 Å². The molecule has 1 saturated carbocycles. The fourth-order valence-electron chi connectivity index (χ4n) is 2.93. The molecule has 0 spiro atoms. The van der Waals surface area contributed by atoms with Crippen LogP contribution in [0, 0.1) is 5.92 Å². The SMILES string of the molecule is CC1CCCC(N(C)c2cc(Br)ccc2CBr)C1. The number of halogens is 2. The molecular formula is C15H21Br2N. The Morgan fingerprint density at radius 2 is 2.11 bits per heavy atom. The molecular weight excluding hydrogens is 354 g/mol. The summed E-state index contributed by atoms with van der Waals surface area (Å²) >= 11 is 7.18. The summed E-state index contributed by atoms with van der Waals surface area (Å²) in [6, 6.07) is 7.27. The molecule has 1 aliphatic rings. The zero-order chi connectivity index (χ0) is 13.1. The molecule has 1 aliphatic carbocycles. The molecule has 0 heterocycles. The van der Waals surface area contributed by atoms with Crippen molar-refractivity contribution in [3.05, 3.63) is 28.2 Å². The van der Waals surface area contributed by atoms with Gasteiger partial charge >= 0.3 is 0 Å². The molecule has 1 aromatic rings. The van der Waals surface area contributed by atoms with Crippen LogP contribution < -0.4 is 4.90 Å². The number of rotatable bonds is 3. The monoisotopic (exact) mass is 373 g/mol. The van der Waals surface area contributed by atoms with E-state index in [0.29, 0.717) is 6.04 Å². The first kappa shape index (κ1) is 14.4. The van der Waals surface area contributed by atoms with Crippen molar-refractivity contribution in [1.82, 2.24) is 0 Å². The molecule has 100 valence electrons. The van der Waals surface area contributed by atoms with Crippen molar-refractivity contribution >= 4 is 37.5 Å². The van der Waals surface area contributed by atoms with Crippen LogP contribution in [0.3, 0.4) is 0 Å². The van der Waals surface area contributed by atoms with E-state index in [2.05, 4.69) is 68.9 Å². The lowest BCUT2D eigenvalue weighted by Gasteiger charge is -2.36. The largest absolute Gasteiger partial charge is 0.371 e. The Morgan fingerprint density at radius 1 is 1.33 bits per heavy atom. The van der Waals surface area contributed by atoms with E-state index in [1.807, 2.05) is 0 Å². The van der Waals surface area contributed by atoms with Gasteiger partial charge in [0.15, 0.2) is 0 Å². The van der Waals surface area contributed by atoms with Crippen LogP contribution in [-0.4, -0.2) is 13.1 Å². The van der Waals surface area contributed by atoms with E-state index in [9.17, 15) is 0 Å². The van der Waals surface area contributed by atoms with Gasteiger partial charge in [0.25, 0.3) is 0 Å². The molecule has 0 amide bonds. The van der Waals surface area contributed by atoms with Gasteiger partial charge in [0.05, 0.1) is 0 Å². The second kappa shape index (κ2) is 6.42. The summed E-state index contributed by atoms with van der Waals surface area (Å²) in [5, 5.41) is 0.919. The lowest BCUT2D eigenvalue weighted by molar-refractivity contribution is 0.336. The molecule has 18 heavy (non-hydrogen) atoms. The van der Waals surface area contributed by atoms with Gasteiger partial charge in [0, 0.05) is 28.6 Å². The van der Waals surface area contributed by atoms with Crippen LogP contribution in [0.4, 0.5) is 5.69 Å². The minimum absolute atomic E-state index is 0.695. The minimum atomic E-state index is 0.695. The maximum Gasteiger partial charge on any atom is 0.0418 e. The third-order valence-corrected chi connectivity index (χ3v) is 5.13. The number of hydrogen-bond acceptors (Lipinski definition) is 1. The molecule has 1 nitrogen and oxygen atoms in total. The second-order valence-corrected chi connectivity index (χ2v) is 6.92. The summed E-state index contributed by atoms with van der Waals surface area (Å²) in [5.41, 5.74) is 2.74. The van der Waals surface area contributed by atoms with E-state index in [1.54, 1.807) is 0 Å². The number of benzene rings is 1. The Hall–Kier alpha value is -0.0200. The van der Waals surface area contributed by atoms with Crippen LogP contribution in [0.25, 0.3) is 0 Å². The third kappa shape index (κ3) is 3.30. The van der Waals surface area contributed by atoms with Gasteiger partial charge in [-0.2, -0.15) is 0 Å². The molecule has 3 heteroatoms. The smallest absolute Gasteiger partial charge is 0.0418 e. The first-order valence-corrected chi connectivity index (χ1v) is 8.60. The molecule has 2 unspecified atom stereocenters. The maximum absolute atomic E-state index is 3.60. The fourth-order valence-corrected chi connectivity index (χ4v) is 3.75. The number of nitrogens with zero attached hydrogens (tertiary/aromatic N) is 1. The van der Waals surface area contributed by atoms with Crippen LogP contribution in [0.5, 0.6) is 0 Å². The summed E-state index contributed by atoms with van der Waals surface area (Å²) in [5.74, 6) is 0.866. The standard InChI is InChI=1S/C15H21Br2N/c1-11-4-3-5-14(8-11)18(2)15-9-13(17)7-6-12(15)10-16/h6-7,9,11,14H,3-5,8,10H2,1-2H3. The van der Waals surface area contributed by atoms with E-state index in [4.69, 9.17) is 0 Å². The van der Waals surface area contributed by atoms with Crippen molar-refractivity contribution in [3.8, 4) is 0 Å². The van der Waals surface area contributed by atoms with Crippen molar-refractivity contribution in [3.63, 3.8) is 0 Å². The fraction of sp³-hybridized carbons (Fsp3) is 0.600. The molecule has 1 aromatic carbocycles. The van der Waals surface area contributed by atoms with Crippen molar-refractivity contribution in [1.29, 1.82) is 0 Å². The molecule has 0 aliphatic heterocycles. The van der Waals surface area contributed by atoms with Crippen LogP contribution in [0.1, 0.15) is 38.2 Å². The zero-order valence-electron chi connectivity index (χ0n) is 11.1. The highest BCUT2D eigenvalue weighted by Crippen LogP contribution is 2.33. The first-order chi connectivity index (χ1) is 8.61. The predicted octanol–water partition coefficient (Wildman–Crippen LogP) is 5.36. The van der Waals surface area contributed by atoms with E-state index < -0.39 is 0 Å². The van der Waals surface area contributed by atoms with Gasteiger partial charge < -0.3 is 4.90 Å². The van der Waals surface area contributed by atoms with Crippen molar-refractivity contribution in [2.24, 2.45) is 5.92 Å². The molecule has 2 rings (SSSR count). The topological polar surface area (TPSA) is 3.24 Å². The van der Waals surface area contributed by atoms with Gasteiger partial charge in [-0.05, 0) is 36.5 Å². The molecule has 0 bridgehead atoms. The Kier molecular flexibility index (Phi) is 5.14. The van der Waals surface area contributed by atoms with Gasteiger partial charge in [-0.3, -0.25) is 0 Å². The summed E-state index contributed by atoms with van der Waals surface area (Å²) in [7, 11) is 2.25. The maximum atomic E-state index is 3.60. The van der Waals surface area contributed by atoms with Gasteiger partial charge in [-0.15, -0.1) is 0 Å². The molecule has 0 saturated heterocycles. The lowest BCUT2D eigenvalue weighted by Crippen LogP contribution is -2.36. The Balaban J connectivity index is 2.21. The molecule has 2 atom stereocenters. The quantitative estimate of drug-likeness (QED) is 0.643. The van der Waals surface area contributed by atoms with Gasteiger partial charge in [0.1, 0.15) is 0 Å². The van der Waals surface area contributed by atoms with Gasteiger partial charge in [-0.1, -0.05) is 57.7 Å². The average Bonchev–Trinajstić information content (AvgIpc) is 2.38. The van der Waals surface area contributed by atoms with Crippen LogP contribution in [0.2, 0.25) is 0 Å². The molecule has 0 N–H and O–H groups in total. The molecule has 1 fully saturated rings. The highest BCUT2D eigenvalue weighted by atomic mass is 79.9. The normalized spacial score (nSPS) is 24.0. The first-order valence-electron chi connectivity index (χ1n) is 6.69. The number of hydrogen-bond donors (Lipinski definition) is 0. The minimum Gasteiger partial charge on any atom is -0.371 e. The van der Waals surface area contributed by atoms with Crippen molar-refractivity contribution in [2.45, 2.75) is 44.0 Å². The predicted molar refractivity (Wildman–Crippen MR) is 86.6 cm³/mol. The van der Waals surface area contributed by atoms with Crippen LogP contribution in [0.15, 0.2) is 22.7 Å². The Bertz CT molecular complexity index is 405. The van der Waals surface area contributed by atoms with Crippen LogP contribution >= 0.6 is 31.9 Å². The molecule has 0 aromatic heterocycles. The lowest BCUT2D eigenvalue weighted by atomic mass is 9.86. The highest BCUT2D eigenvalue weighted by Gasteiger charge is 2.23. The van der Waals surface area contributed by atoms with E-state index in [-0.39, 0.29) is 0 Å². The zero-order valence-corrected chi connectivity index (χ0v) is 14.3. The summed E-state index contributed by atoms with van der Waals surface area (Å²) in [6.07, 6.45) is 5.42. The Morgan fingerprint density at radius 3 is 2.78 bits per heavy atom. The van der Waals surface area contributed by atoms with Gasteiger partial charge in [-0.25, -0.2) is 0 Å². The van der Waals surface area contributed by atoms with E-state index >= 15 is 0 Å². The highest BCUT2D eigenvalue weighted by molar-refractivity contribution is 9.10. The van der Waals surface area contributed by atoms with Crippen LogP contribution in [-0.2, 0) is 5.33 Å². The van der Waals surface area contributed by atoms with Crippen molar-refractivity contribution < 1.29 is 0 Å².